The summed E-state index contributed by atoms with van der Waals surface area (Å²) in [5, 5.41) is 0. The van der Waals surface area contributed by atoms with Crippen LogP contribution < -0.4 is 9.47 Å². The van der Waals surface area contributed by atoms with Gasteiger partial charge in [0.15, 0.2) is 11.5 Å². The Balaban J connectivity index is 1.26. The Morgan fingerprint density at radius 1 is 0.857 bits per heavy atom. The lowest BCUT2D eigenvalue weighted by atomic mass is 10.00. The van der Waals surface area contributed by atoms with Gasteiger partial charge in [0, 0.05) is 24.1 Å². The van der Waals surface area contributed by atoms with E-state index in [-0.39, 0.29) is 37.0 Å². The molecule has 2 aromatic rings. The van der Waals surface area contributed by atoms with Crippen molar-refractivity contribution in [3.8, 4) is 11.5 Å². The Kier molecular flexibility index (Phi) is 4.36. The van der Waals surface area contributed by atoms with Gasteiger partial charge < -0.3 is 9.47 Å². The van der Waals surface area contributed by atoms with Crippen LogP contribution in [0.5, 0.6) is 11.5 Å². The first kappa shape index (κ1) is 17.7. The van der Waals surface area contributed by atoms with E-state index in [0.29, 0.717) is 24.6 Å². The summed E-state index contributed by atoms with van der Waals surface area (Å²) in [7, 11) is 0. The summed E-state index contributed by atoms with van der Waals surface area (Å²) in [5.74, 6) is 0.756. The van der Waals surface area contributed by atoms with Gasteiger partial charge in [-0.25, -0.2) is 0 Å². The van der Waals surface area contributed by atoms with Crippen molar-refractivity contribution in [1.82, 2.24) is 9.80 Å². The highest BCUT2D eigenvalue weighted by molar-refractivity contribution is 9.10. The maximum atomic E-state index is 12.9. The minimum Gasteiger partial charge on any atom is -0.454 e. The molecule has 3 aliphatic heterocycles. The third kappa shape index (κ3) is 3.08. The summed E-state index contributed by atoms with van der Waals surface area (Å²) >= 11 is 3.44. The molecule has 2 atom stereocenters. The maximum Gasteiger partial charge on any atom is 0.234 e. The Bertz CT molecular complexity index is 922. The van der Waals surface area contributed by atoms with Crippen LogP contribution in [0.3, 0.4) is 0 Å². The molecule has 0 bridgehead atoms. The first-order valence-corrected chi connectivity index (χ1v) is 10.1. The van der Waals surface area contributed by atoms with Crippen LogP contribution in [0.25, 0.3) is 0 Å². The molecule has 0 saturated carbocycles. The van der Waals surface area contributed by atoms with Gasteiger partial charge in [-0.05, 0) is 35.4 Å². The first-order chi connectivity index (χ1) is 13.6. The van der Waals surface area contributed by atoms with Crippen molar-refractivity contribution in [3.05, 3.63) is 58.1 Å². The van der Waals surface area contributed by atoms with Crippen LogP contribution >= 0.6 is 15.9 Å². The van der Waals surface area contributed by atoms with Gasteiger partial charge in [-0.3, -0.25) is 19.4 Å². The number of carbonyl (C=O) groups is 2. The lowest BCUT2D eigenvalue weighted by molar-refractivity contribution is -0.141. The SMILES string of the molecule is O=C1[C@H]2CN(Cc3ccc(Br)cc3)C[C@H]2C(=O)N1Cc1ccc2c(c1)OCO2. The van der Waals surface area contributed by atoms with Crippen molar-refractivity contribution >= 4 is 27.7 Å². The van der Waals surface area contributed by atoms with Crippen LogP contribution in [0.1, 0.15) is 11.1 Å². The van der Waals surface area contributed by atoms with Gasteiger partial charge in [-0.15, -0.1) is 0 Å². The number of benzene rings is 2. The van der Waals surface area contributed by atoms with E-state index in [1.165, 1.54) is 10.5 Å². The van der Waals surface area contributed by atoms with E-state index in [0.717, 1.165) is 16.6 Å². The number of halogens is 1. The van der Waals surface area contributed by atoms with E-state index < -0.39 is 0 Å². The lowest BCUT2D eigenvalue weighted by Gasteiger charge is -2.21. The highest BCUT2D eigenvalue weighted by Gasteiger charge is 2.52. The van der Waals surface area contributed by atoms with Gasteiger partial charge in [-0.1, -0.05) is 34.1 Å². The largest absolute Gasteiger partial charge is 0.454 e. The molecule has 2 aromatic carbocycles. The number of fused-ring (bicyclic) bond motifs is 2. The zero-order chi connectivity index (χ0) is 19.3. The molecule has 0 radical (unpaired) electrons. The van der Waals surface area contributed by atoms with Crippen LogP contribution in [0.4, 0.5) is 0 Å². The van der Waals surface area contributed by atoms with Crippen molar-refractivity contribution in [1.29, 1.82) is 0 Å². The Morgan fingerprint density at radius 2 is 1.50 bits per heavy atom. The van der Waals surface area contributed by atoms with E-state index in [9.17, 15) is 9.59 Å². The quantitative estimate of drug-likeness (QED) is 0.681. The molecule has 3 aliphatic rings. The second kappa shape index (κ2) is 6.90. The molecule has 2 amide bonds. The number of amides is 2. The molecule has 5 rings (SSSR count). The number of imide groups is 1. The third-order valence-electron chi connectivity index (χ3n) is 5.66. The van der Waals surface area contributed by atoms with E-state index in [1.54, 1.807) is 0 Å². The van der Waals surface area contributed by atoms with E-state index >= 15 is 0 Å². The fraction of sp³-hybridized carbons (Fsp3) is 0.333. The van der Waals surface area contributed by atoms with Crippen LogP contribution in [-0.4, -0.2) is 41.5 Å². The summed E-state index contributed by atoms with van der Waals surface area (Å²) in [6.07, 6.45) is 0. The molecular formula is C21H19BrN2O4. The summed E-state index contributed by atoms with van der Waals surface area (Å²) in [4.78, 5) is 29.4. The predicted molar refractivity (Wildman–Crippen MR) is 105 cm³/mol. The van der Waals surface area contributed by atoms with Gasteiger partial charge in [0.05, 0.1) is 18.4 Å². The number of likely N-dealkylation sites (tertiary alicyclic amines) is 2. The molecule has 7 heteroatoms. The molecule has 6 nitrogen and oxygen atoms in total. The summed E-state index contributed by atoms with van der Waals surface area (Å²) in [6, 6.07) is 13.7. The Hall–Kier alpha value is -2.38. The molecule has 2 fully saturated rings. The summed E-state index contributed by atoms with van der Waals surface area (Å²) in [5.41, 5.74) is 2.05. The normalized spacial score (nSPS) is 23.5. The van der Waals surface area contributed by atoms with Crippen molar-refractivity contribution < 1.29 is 19.1 Å². The van der Waals surface area contributed by atoms with Crippen LogP contribution in [0.2, 0.25) is 0 Å². The van der Waals surface area contributed by atoms with Gasteiger partial charge >= 0.3 is 0 Å². The first-order valence-electron chi connectivity index (χ1n) is 9.29. The predicted octanol–water partition coefficient (Wildman–Crippen LogP) is 2.79. The minimum atomic E-state index is -0.239. The number of hydrogen-bond acceptors (Lipinski definition) is 5. The molecule has 0 aromatic heterocycles. The zero-order valence-corrected chi connectivity index (χ0v) is 16.7. The van der Waals surface area contributed by atoms with Crippen molar-refractivity contribution in [2.75, 3.05) is 19.9 Å². The molecule has 2 saturated heterocycles. The van der Waals surface area contributed by atoms with Gasteiger partial charge in [0.2, 0.25) is 18.6 Å². The Morgan fingerprint density at radius 3 is 2.21 bits per heavy atom. The van der Waals surface area contributed by atoms with Gasteiger partial charge in [0.1, 0.15) is 0 Å². The van der Waals surface area contributed by atoms with E-state index in [2.05, 4.69) is 33.0 Å². The zero-order valence-electron chi connectivity index (χ0n) is 15.1. The van der Waals surface area contributed by atoms with Gasteiger partial charge in [0.25, 0.3) is 0 Å². The summed E-state index contributed by atoms with van der Waals surface area (Å²) < 4.78 is 11.7. The minimum absolute atomic E-state index is 0.0639. The van der Waals surface area contributed by atoms with Crippen molar-refractivity contribution in [3.63, 3.8) is 0 Å². The monoisotopic (exact) mass is 442 g/mol. The number of carbonyl (C=O) groups excluding carboxylic acids is 2. The van der Waals surface area contributed by atoms with E-state index in [4.69, 9.17) is 9.47 Å². The van der Waals surface area contributed by atoms with E-state index in [1.807, 2.05) is 30.3 Å². The second-order valence-corrected chi connectivity index (χ2v) is 8.40. The topological polar surface area (TPSA) is 59.1 Å². The average Bonchev–Trinajstić information content (AvgIpc) is 3.37. The third-order valence-corrected chi connectivity index (χ3v) is 6.19. The molecule has 0 spiro atoms. The fourth-order valence-electron chi connectivity index (χ4n) is 4.25. The number of ether oxygens (including phenoxy) is 2. The molecule has 0 unspecified atom stereocenters. The van der Waals surface area contributed by atoms with Crippen LogP contribution in [-0.2, 0) is 22.7 Å². The molecule has 28 heavy (non-hydrogen) atoms. The molecule has 144 valence electrons. The molecule has 0 aliphatic carbocycles. The molecule has 0 N–H and O–H groups in total. The highest BCUT2D eigenvalue weighted by atomic mass is 79.9. The van der Waals surface area contributed by atoms with Crippen LogP contribution in [0, 0.1) is 11.8 Å². The number of nitrogens with zero attached hydrogens (tertiary/aromatic N) is 2. The molecule has 3 heterocycles. The Labute approximate surface area is 171 Å². The van der Waals surface area contributed by atoms with Gasteiger partial charge in [-0.2, -0.15) is 0 Å². The lowest BCUT2D eigenvalue weighted by Crippen LogP contribution is -2.35. The maximum absolute atomic E-state index is 12.9. The van der Waals surface area contributed by atoms with Crippen molar-refractivity contribution in [2.45, 2.75) is 13.1 Å². The van der Waals surface area contributed by atoms with Crippen molar-refractivity contribution in [2.24, 2.45) is 11.8 Å². The van der Waals surface area contributed by atoms with Crippen LogP contribution in [0.15, 0.2) is 46.9 Å². The fourth-order valence-corrected chi connectivity index (χ4v) is 4.51. The summed E-state index contributed by atoms with van der Waals surface area (Å²) in [6.45, 7) is 2.50. The second-order valence-electron chi connectivity index (χ2n) is 7.48. The highest BCUT2D eigenvalue weighted by Crippen LogP contribution is 2.37. The number of rotatable bonds is 4. The molecular weight excluding hydrogens is 424 g/mol. The standard InChI is InChI=1S/C21H19BrN2O4/c22-15-4-1-13(2-5-15)8-23-10-16-17(11-23)21(26)24(20(16)25)9-14-3-6-18-19(7-14)28-12-27-18/h1-7,16-17H,8-12H2/t16-,17+. The number of hydrogen-bond donors (Lipinski definition) is 0. The smallest absolute Gasteiger partial charge is 0.234 e. The average molecular weight is 443 g/mol.